The Morgan fingerprint density at radius 1 is 1.48 bits per heavy atom. The minimum atomic E-state index is -1.95. The van der Waals surface area contributed by atoms with Crippen LogP contribution in [0.1, 0.15) is 30.0 Å². The van der Waals surface area contributed by atoms with Crippen molar-refractivity contribution in [2.45, 2.75) is 25.8 Å². The smallest absolute Gasteiger partial charge is 0.266 e. The molecule has 1 N–H and O–H groups in total. The van der Waals surface area contributed by atoms with Gasteiger partial charge in [0.15, 0.2) is 0 Å². The van der Waals surface area contributed by atoms with Gasteiger partial charge in [-0.05, 0) is 37.5 Å². The normalized spacial score (nSPS) is 13.6. The zero-order chi connectivity index (χ0) is 22.7. The Morgan fingerprint density at radius 2 is 2.23 bits per heavy atom. The van der Waals surface area contributed by atoms with E-state index in [-0.39, 0.29) is 29.9 Å². The summed E-state index contributed by atoms with van der Waals surface area (Å²) < 4.78 is 31.8. The number of hydrogen-bond acceptors (Lipinski definition) is 6. The van der Waals surface area contributed by atoms with Gasteiger partial charge in [0.1, 0.15) is 24.5 Å². The molecule has 3 rings (SSSR count). The highest BCUT2D eigenvalue weighted by Crippen LogP contribution is 2.30. The third-order valence-corrected chi connectivity index (χ3v) is 5.12. The summed E-state index contributed by atoms with van der Waals surface area (Å²) in [7, 11) is 1.60. The lowest BCUT2D eigenvalue weighted by atomic mass is 9.94. The van der Waals surface area contributed by atoms with Crippen molar-refractivity contribution in [3.63, 3.8) is 0 Å². The molecule has 1 aliphatic heterocycles. The summed E-state index contributed by atoms with van der Waals surface area (Å²) in [5, 5.41) is 23.1. The molecule has 0 fully saturated rings. The Hall–Kier alpha value is -3.74. The van der Waals surface area contributed by atoms with Gasteiger partial charge in [-0.2, -0.15) is 14.0 Å². The molecule has 1 unspecified atom stereocenters. The minimum absolute atomic E-state index is 0.112. The lowest BCUT2D eigenvalue weighted by molar-refractivity contribution is -0.251. The quantitative estimate of drug-likeness (QED) is 0.748. The first-order valence-corrected chi connectivity index (χ1v) is 9.45. The second-order valence-corrected chi connectivity index (χ2v) is 7.08. The van der Waals surface area contributed by atoms with Gasteiger partial charge in [0.05, 0.1) is 22.7 Å². The molecule has 0 saturated heterocycles. The van der Waals surface area contributed by atoms with Crippen LogP contribution in [0, 0.1) is 11.3 Å². The first kappa shape index (κ1) is 22.0. The fourth-order valence-electron chi connectivity index (χ4n) is 3.64. The van der Waals surface area contributed by atoms with Crippen LogP contribution in [0.2, 0.25) is 0 Å². The maximum Gasteiger partial charge on any atom is 0.266 e. The predicted octanol–water partition coefficient (Wildman–Crippen LogP) is 1.63. The highest BCUT2D eigenvalue weighted by Gasteiger charge is 2.22. The van der Waals surface area contributed by atoms with Gasteiger partial charge < -0.3 is 24.5 Å². The molecule has 0 aliphatic carbocycles. The Kier molecular flexibility index (Phi) is 6.34. The molecule has 1 atom stereocenters. The van der Waals surface area contributed by atoms with E-state index in [0.717, 1.165) is 10.9 Å². The molecule has 1 aliphatic rings. The molecule has 0 spiro atoms. The van der Waals surface area contributed by atoms with Crippen molar-refractivity contribution in [3.8, 4) is 11.8 Å². The third kappa shape index (κ3) is 4.55. The molecule has 10 heteroatoms. The van der Waals surface area contributed by atoms with Crippen LogP contribution >= 0.6 is 0 Å². The number of halogens is 2. The number of nitriles is 1. The van der Waals surface area contributed by atoms with Gasteiger partial charge in [-0.15, -0.1) is 0 Å². The van der Waals surface area contributed by atoms with Gasteiger partial charge in [0, 0.05) is 30.8 Å². The summed E-state index contributed by atoms with van der Waals surface area (Å²) in [5.41, 5.74) is 2.47. The second-order valence-electron chi connectivity index (χ2n) is 7.08. The molecular formula is C21H19F2N4O4-. The van der Waals surface area contributed by atoms with Crippen molar-refractivity contribution in [1.29, 1.82) is 5.26 Å². The summed E-state index contributed by atoms with van der Waals surface area (Å²) in [6, 6.07) is 4.16. The number of pyridine rings is 1. The number of aryl methyl sites for hydroxylation is 1. The van der Waals surface area contributed by atoms with Crippen molar-refractivity contribution < 1.29 is 23.4 Å². The van der Waals surface area contributed by atoms with Crippen LogP contribution in [-0.2, 0) is 13.5 Å². The first-order chi connectivity index (χ1) is 14.7. The van der Waals surface area contributed by atoms with Crippen LogP contribution < -0.4 is 20.7 Å². The first-order valence-electron chi connectivity index (χ1n) is 9.45. The van der Waals surface area contributed by atoms with Crippen LogP contribution in [0.25, 0.3) is 10.9 Å². The summed E-state index contributed by atoms with van der Waals surface area (Å²) in [6.45, 7) is 1.99. The van der Waals surface area contributed by atoms with Crippen molar-refractivity contribution in [2.75, 3.05) is 13.2 Å². The lowest BCUT2D eigenvalue weighted by Gasteiger charge is -2.21. The predicted molar refractivity (Wildman–Crippen MR) is 107 cm³/mol. The molecule has 1 aromatic heterocycles. The molecular weight excluding hydrogens is 410 g/mol. The van der Waals surface area contributed by atoms with Crippen LogP contribution in [0.3, 0.4) is 0 Å². The highest BCUT2D eigenvalue weighted by atomic mass is 19.3. The number of amides is 1. The van der Waals surface area contributed by atoms with E-state index in [4.69, 9.17) is 4.74 Å². The standard InChI is InChI=1S/C21H20F2N4O4/c1-11-19-14(5-6-25-11)15-7-12(9-24)17(8-16(15)27(2)20(19)28)31-10-13(26-21(29)30)3-4-18(22)23/h4,7-8,13,26H,3,5-6,10H2,1-2H3,(H,29,30)/p-1. The van der Waals surface area contributed by atoms with E-state index in [1.807, 2.05) is 11.4 Å². The number of ether oxygens (including phenoxy) is 1. The van der Waals surface area contributed by atoms with Gasteiger partial charge in [-0.3, -0.25) is 9.79 Å². The number of benzene rings is 1. The van der Waals surface area contributed by atoms with Gasteiger partial charge in [0.25, 0.3) is 11.6 Å². The number of carbonyl (C=O) groups is 1. The topological polar surface area (TPSA) is 120 Å². The van der Waals surface area contributed by atoms with Crippen molar-refractivity contribution in [1.82, 2.24) is 9.88 Å². The molecule has 2 heterocycles. The van der Waals surface area contributed by atoms with Crippen molar-refractivity contribution >= 4 is 22.7 Å². The number of hydrogen-bond donors (Lipinski definition) is 1. The maximum atomic E-state index is 12.9. The third-order valence-electron chi connectivity index (χ3n) is 5.12. The monoisotopic (exact) mass is 429 g/mol. The number of nitrogens with one attached hydrogen (secondary N) is 1. The fraction of sp³-hybridized carbons (Fsp3) is 0.333. The summed E-state index contributed by atoms with van der Waals surface area (Å²) >= 11 is 0. The molecule has 162 valence electrons. The van der Waals surface area contributed by atoms with E-state index in [1.165, 1.54) is 10.6 Å². The van der Waals surface area contributed by atoms with E-state index >= 15 is 0 Å². The fourth-order valence-corrected chi connectivity index (χ4v) is 3.64. The zero-order valence-electron chi connectivity index (χ0n) is 16.9. The Labute approximate surface area is 176 Å². The number of aromatic nitrogens is 1. The van der Waals surface area contributed by atoms with Crippen molar-refractivity contribution in [3.05, 3.63) is 51.3 Å². The molecule has 8 nitrogen and oxygen atoms in total. The van der Waals surface area contributed by atoms with Crippen LogP contribution in [0.4, 0.5) is 13.6 Å². The molecule has 31 heavy (non-hydrogen) atoms. The largest absolute Gasteiger partial charge is 0.530 e. The highest BCUT2D eigenvalue weighted by molar-refractivity contribution is 6.04. The van der Waals surface area contributed by atoms with Gasteiger partial charge in [0.2, 0.25) is 0 Å². The van der Waals surface area contributed by atoms with Crippen LogP contribution in [-0.4, -0.2) is 35.6 Å². The molecule has 1 aromatic carbocycles. The van der Waals surface area contributed by atoms with Gasteiger partial charge in [-0.25, -0.2) is 0 Å². The van der Waals surface area contributed by atoms with Crippen molar-refractivity contribution in [2.24, 2.45) is 12.0 Å². The Bertz CT molecular complexity index is 1210. The van der Waals surface area contributed by atoms with E-state index in [2.05, 4.69) is 4.99 Å². The Morgan fingerprint density at radius 3 is 2.87 bits per heavy atom. The molecule has 0 bridgehead atoms. The number of fused-ring (bicyclic) bond motifs is 3. The number of carbonyl (C=O) groups excluding carboxylic acids is 1. The molecule has 0 radical (unpaired) electrons. The van der Waals surface area contributed by atoms with E-state index in [0.29, 0.717) is 35.8 Å². The van der Waals surface area contributed by atoms with Crippen LogP contribution in [0.5, 0.6) is 5.75 Å². The average Bonchev–Trinajstić information content (AvgIpc) is 2.72. The van der Waals surface area contributed by atoms with E-state index < -0.39 is 18.2 Å². The van der Waals surface area contributed by atoms with Gasteiger partial charge >= 0.3 is 0 Å². The lowest BCUT2D eigenvalue weighted by Crippen LogP contribution is -2.45. The molecule has 1 amide bonds. The number of rotatable bonds is 6. The van der Waals surface area contributed by atoms with E-state index in [9.17, 15) is 28.7 Å². The SMILES string of the molecule is CC1=NCCc2c1c(=O)n(C)c1cc(OCC(CC=C(F)F)NC(=O)[O-])c(C#N)cc21. The van der Waals surface area contributed by atoms with E-state index in [1.54, 1.807) is 20.0 Å². The Balaban J connectivity index is 2.03. The molecule has 2 aromatic rings. The average molecular weight is 429 g/mol. The zero-order valence-corrected chi connectivity index (χ0v) is 16.9. The summed E-state index contributed by atoms with van der Waals surface area (Å²) in [4.78, 5) is 28.0. The van der Waals surface area contributed by atoms with Crippen LogP contribution in [0.15, 0.2) is 34.1 Å². The minimum Gasteiger partial charge on any atom is -0.530 e. The maximum absolute atomic E-state index is 12.9. The number of aliphatic imine (C=N–C) groups is 1. The number of carboxylic acid groups (broad SMARTS) is 1. The summed E-state index contributed by atoms with van der Waals surface area (Å²) in [5.74, 6) is 0.112. The number of nitrogens with zero attached hydrogens (tertiary/aromatic N) is 3. The second kappa shape index (κ2) is 8.95. The van der Waals surface area contributed by atoms with Gasteiger partial charge in [-0.1, -0.05) is 0 Å². The molecule has 0 saturated carbocycles. The summed E-state index contributed by atoms with van der Waals surface area (Å²) in [6.07, 6.45) is -2.78.